The third kappa shape index (κ3) is 4.08. The minimum absolute atomic E-state index is 0.135. The van der Waals surface area contributed by atoms with Gasteiger partial charge in [0.25, 0.3) is 0 Å². The lowest BCUT2D eigenvalue weighted by atomic mass is 10.00. The highest BCUT2D eigenvalue weighted by molar-refractivity contribution is 5.83. The monoisotopic (exact) mass is 250 g/mol. The average molecular weight is 250 g/mol. The van der Waals surface area contributed by atoms with Gasteiger partial charge in [-0.25, -0.2) is 0 Å². The normalized spacial score (nSPS) is 11.7. The molecule has 0 bridgehead atoms. The van der Waals surface area contributed by atoms with Crippen LogP contribution in [0.25, 0.3) is 0 Å². The van der Waals surface area contributed by atoms with Crippen molar-refractivity contribution in [3.05, 3.63) is 29.8 Å². The maximum Gasteiger partial charge on any atom is 0.307 e. The third-order valence-electron chi connectivity index (χ3n) is 2.66. The van der Waals surface area contributed by atoms with Crippen LogP contribution >= 0.6 is 0 Å². The molecule has 0 aliphatic rings. The standard InChI is InChI=1S/C13H18N2O3/c1-9(10-4-3-5-11(14)8-10)13(17)15-7-6-12(16)18-2/h3-5,8-9H,6-7,14H2,1-2H3,(H,15,17). The van der Waals surface area contributed by atoms with Crippen molar-refractivity contribution in [3.63, 3.8) is 0 Å². The van der Waals surface area contributed by atoms with E-state index in [4.69, 9.17) is 5.73 Å². The molecule has 98 valence electrons. The number of nitrogens with two attached hydrogens (primary N) is 1. The van der Waals surface area contributed by atoms with E-state index >= 15 is 0 Å². The SMILES string of the molecule is COC(=O)CCNC(=O)C(C)c1cccc(N)c1. The molecule has 0 saturated carbocycles. The molecule has 1 unspecified atom stereocenters. The minimum Gasteiger partial charge on any atom is -0.469 e. The van der Waals surface area contributed by atoms with Crippen molar-refractivity contribution in [2.75, 3.05) is 19.4 Å². The van der Waals surface area contributed by atoms with E-state index in [1.54, 1.807) is 19.1 Å². The highest BCUT2D eigenvalue weighted by Crippen LogP contribution is 2.17. The van der Waals surface area contributed by atoms with Crippen molar-refractivity contribution in [3.8, 4) is 0 Å². The molecule has 0 radical (unpaired) electrons. The summed E-state index contributed by atoms with van der Waals surface area (Å²) in [6.45, 7) is 2.07. The van der Waals surface area contributed by atoms with Crippen molar-refractivity contribution in [2.45, 2.75) is 19.3 Å². The van der Waals surface area contributed by atoms with E-state index in [1.807, 2.05) is 12.1 Å². The van der Waals surface area contributed by atoms with E-state index in [9.17, 15) is 9.59 Å². The van der Waals surface area contributed by atoms with E-state index < -0.39 is 0 Å². The second kappa shape index (κ2) is 6.64. The van der Waals surface area contributed by atoms with Gasteiger partial charge >= 0.3 is 5.97 Å². The lowest BCUT2D eigenvalue weighted by molar-refractivity contribution is -0.140. The van der Waals surface area contributed by atoms with Crippen LogP contribution < -0.4 is 11.1 Å². The minimum atomic E-state index is -0.341. The molecule has 3 N–H and O–H groups in total. The van der Waals surface area contributed by atoms with E-state index in [1.165, 1.54) is 7.11 Å². The summed E-state index contributed by atoms with van der Waals surface area (Å²) in [5, 5.41) is 2.69. The maximum atomic E-state index is 11.8. The van der Waals surface area contributed by atoms with E-state index in [2.05, 4.69) is 10.1 Å². The average Bonchev–Trinajstić information content (AvgIpc) is 2.37. The van der Waals surface area contributed by atoms with E-state index in [0.717, 1.165) is 5.56 Å². The fourth-order valence-electron chi connectivity index (χ4n) is 1.52. The Morgan fingerprint density at radius 3 is 2.78 bits per heavy atom. The molecule has 0 fully saturated rings. The van der Waals surface area contributed by atoms with Gasteiger partial charge in [-0.05, 0) is 24.6 Å². The Kier molecular flexibility index (Phi) is 5.17. The second-order valence-corrected chi connectivity index (χ2v) is 4.01. The Hall–Kier alpha value is -2.04. The molecule has 1 aromatic carbocycles. The van der Waals surface area contributed by atoms with Gasteiger partial charge in [-0.15, -0.1) is 0 Å². The number of anilines is 1. The number of nitrogens with one attached hydrogen (secondary N) is 1. The van der Waals surface area contributed by atoms with E-state index in [-0.39, 0.29) is 30.8 Å². The van der Waals surface area contributed by atoms with Gasteiger partial charge in [-0.3, -0.25) is 9.59 Å². The highest BCUT2D eigenvalue weighted by atomic mass is 16.5. The highest BCUT2D eigenvalue weighted by Gasteiger charge is 2.15. The molecule has 0 saturated heterocycles. The number of amides is 1. The maximum absolute atomic E-state index is 11.8. The molecular formula is C13H18N2O3. The summed E-state index contributed by atoms with van der Waals surface area (Å²) in [6, 6.07) is 7.19. The zero-order valence-corrected chi connectivity index (χ0v) is 10.6. The predicted octanol–water partition coefficient (Wildman–Crippen LogP) is 1.05. The molecule has 5 heteroatoms. The summed E-state index contributed by atoms with van der Waals surface area (Å²) in [5.41, 5.74) is 7.14. The zero-order chi connectivity index (χ0) is 13.5. The Labute approximate surface area is 106 Å². The molecule has 0 heterocycles. The van der Waals surface area contributed by atoms with Crippen LogP contribution in [0.15, 0.2) is 24.3 Å². The first-order chi connectivity index (χ1) is 8.54. The summed E-state index contributed by atoms with van der Waals surface area (Å²) in [5.74, 6) is -0.775. The molecule has 1 amide bonds. The van der Waals surface area contributed by atoms with Crippen LogP contribution in [-0.4, -0.2) is 25.5 Å². The van der Waals surface area contributed by atoms with Gasteiger partial charge in [0, 0.05) is 12.2 Å². The van der Waals surface area contributed by atoms with Crippen LogP contribution in [0.3, 0.4) is 0 Å². The van der Waals surface area contributed by atoms with Crippen LogP contribution in [0.1, 0.15) is 24.8 Å². The van der Waals surface area contributed by atoms with Gasteiger partial charge in [0.1, 0.15) is 0 Å². The molecule has 0 aromatic heterocycles. The van der Waals surface area contributed by atoms with Gasteiger partial charge in [-0.2, -0.15) is 0 Å². The lowest BCUT2D eigenvalue weighted by Gasteiger charge is -2.12. The number of methoxy groups -OCH3 is 1. The fraction of sp³-hybridized carbons (Fsp3) is 0.385. The summed E-state index contributed by atoms with van der Waals surface area (Å²) in [6.07, 6.45) is 0.173. The Morgan fingerprint density at radius 2 is 2.17 bits per heavy atom. The molecule has 0 aliphatic carbocycles. The molecule has 1 atom stereocenters. The van der Waals surface area contributed by atoms with Gasteiger partial charge in [-0.1, -0.05) is 12.1 Å². The number of ether oxygens (including phenoxy) is 1. The number of benzene rings is 1. The fourth-order valence-corrected chi connectivity index (χ4v) is 1.52. The van der Waals surface area contributed by atoms with Gasteiger partial charge in [0.2, 0.25) is 5.91 Å². The number of hydrogen-bond donors (Lipinski definition) is 2. The molecule has 0 aliphatic heterocycles. The van der Waals surface area contributed by atoms with Crippen molar-refractivity contribution in [2.24, 2.45) is 0 Å². The molecule has 0 spiro atoms. The molecule has 5 nitrogen and oxygen atoms in total. The number of rotatable bonds is 5. The van der Waals surface area contributed by atoms with Crippen LogP contribution in [0, 0.1) is 0 Å². The van der Waals surface area contributed by atoms with Gasteiger partial charge < -0.3 is 15.8 Å². The summed E-state index contributed by atoms with van der Waals surface area (Å²) in [7, 11) is 1.32. The molecule has 1 aromatic rings. The quantitative estimate of drug-likeness (QED) is 0.604. The topological polar surface area (TPSA) is 81.4 Å². The first kappa shape index (κ1) is 14.0. The Balaban J connectivity index is 2.49. The number of carbonyl (C=O) groups excluding carboxylic acids is 2. The number of carbonyl (C=O) groups is 2. The predicted molar refractivity (Wildman–Crippen MR) is 68.9 cm³/mol. The van der Waals surface area contributed by atoms with Crippen molar-refractivity contribution < 1.29 is 14.3 Å². The van der Waals surface area contributed by atoms with Gasteiger partial charge in [0.05, 0.1) is 19.4 Å². The smallest absolute Gasteiger partial charge is 0.307 e. The Morgan fingerprint density at radius 1 is 1.44 bits per heavy atom. The van der Waals surface area contributed by atoms with Crippen molar-refractivity contribution in [1.82, 2.24) is 5.32 Å². The largest absolute Gasteiger partial charge is 0.469 e. The first-order valence-corrected chi connectivity index (χ1v) is 5.74. The second-order valence-electron chi connectivity index (χ2n) is 4.01. The summed E-state index contributed by atoms with van der Waals surface area (Å²) in [4.78, 5) is 22.7. The third-order valence-corrected chi connectivity index (χ3v) is 2.66. The summed E-state index contributed by atoms with van der Waals surface area (Å²) >= 11 is 0. The molecule has 18 heavy (non-hydrogen) atoms. The van der Waals surface area contributed by atoms with Crippen LogP contribution in [0.5, 0.6) is 0 Å². The molecular weight excluding hydrogens is 232 g/mol. The zero-order valence-electron chi connectivity index (χ0n) is 10.6. The van der Waals surface area contributed by atoms with Gasteiger partial charge in [0.15, 0.2) is 0 Å². The Bertz CT molecular complexity index is 432. The molecule has 1 rings (SSSR count). The van der Waals surface area contributed by atoms with E-state index in [0.29, 0.717) is 5.69 Å². The number of esters is 1. The summed E-state index contributed by atoms with van der Waals surface area (Å²) < 4.78 is 4.49. The number of nitrogen functional groups attached to an aromatic ring is 1. The van der Waals surface area contributed by atoms with Crippen LogP contribution in [0.2, 0.25) is 0 Å². The lowest BCUT2D eigenvalue weighted by Crippen LogP contribution is -2.30. The first-order valence-electron chi connectivity index (χ1n) is 5.74. The van der Waals surface area contributed by atoms with Crippen molar-refractivity contribution in [1.29, 1.82) is 0 Å². The van der Waals surface area contributed by atoms with Crippen LogP contribution in [0.4, 0.5) is 5.69 Å². The van der Waals surface area contributed by atoms with Crippen LogP contribution in [-0.2, 0) is 14.3 Å². The van der Waals surface area contributed by atoms with Crippen molar-refractivity contribution >= 4 is 17.6 Å². The number of hydrogen-bond acceptors (Lipinski definition) is 4.